The minimum atomic E-state index is -3.61. The van der Waals surface area contributed by atoms with Gasteiger partial charge in [-0.25, -0.2) is 8.42 Å². The van der Waals surface area contributed by atoms with E-state index in [0.29, 0.717) is 6.42 Å². The van der Waals surface area contributed by atoms with Crippen LogP contribution in [0.25, 0.3) is 0 Å². The summed E-state index contributed by atoms with van der Waals surface area (Å²) in [7, 11) is -3.61. The molecule has 0 N–H and O–H groups in total. The molecule has 0 unspecified atom stereocenters. The molecule has 2 aliphatic rings. The molecular formula is C13H14O4S. The van der Waals surface area contributed by atoms with Crippen molar-refractivity contribution in [3.8, 4) is 0 Å². The molecule has 2 fully saturated rings. The van der Waals surface area contributed by atoms with Crippen LogP contribution in [0.1, 0.15) is 18.9 Å². The summed E-state index contributed by atoms with van der Waals surface area (Å²) in [6.07, 6.45) is 1.26. The molecule has 3 rings (SSSR count). The Morgan fingerprint density at radius 3 is 2.44 bits per heavy atom. The number of ether oxygens (including phenoxy) is 1. The molecule has 1 aliphatic carbocycles. The van der Waals surface area contributed by atoms with E-state index in [1.54, 1.807) is 24.3 Å². The lowest BCUT2D eigenvalue weighted by Crippen LogP contribution is -2.31. The lowest BCUT2D eigenvalue weighted by molar-refractivity contribution is -0.140. The Labute approximate surface area is 106 Å². The minimum absolute atomic E-state index is 0.152. The molecule has 0 amide bonds. The van der Waals surface area contributed by atoms with Crippen LogP contribution in [-0.4, -0.2) is 25.7 Å². The second kappa shape index (κ2) is 3.57. The average Bonchev–Trinajstić information content (AvgIpc) is 3.05. The predicted molar refractivity (Wildman–Crippen MR) is 64.8 cm³/mol. The third kappa shape index (κ3) is 1.31. The number of hydrogen-bond donors (Lipinski definition) is 0. The van der Waals surface area contributed by atoms with Crippen molar-refractivity contribution in [1.29, 1.82) is 0 Å². The van der Waals surface area contributed by atoms with Gasteiger partial charge in [-0.1, -0.05) is 19.1 Å². The molecule has 0 aromatic heterocycles. The highest BCUT2D eigenvalue weighted by atomic mass is 32.2. The molecule has 1 saturated heterocycles. The van der Waals surface area contributed by atoms with Gasteiger partial charge in [-0.15, -0.1) is 0 Å². The van der Waals surface area contributed by atoms with Gasteiger partial charge < -0.3 is 4.74 Å². The monoisotopic (exact) mass is 266 g/mol. The summed E-state index contributed by atoms with van der Waals surface area (Å²) in [6.45, 7) is 2.25. The molecular weight excluding hydrogens is 252 g/mol. The molecule has 0 bridgehead atoms. The molecule has 96 valence electrons. The molecule has 1 saturated carbocycles. The largest absolute Gasteiger partial charge is 0.464 e. The summed E-state index contributed by atoms with van der Waals surface area (Å²) in [6, 6.07) is 6.76. The number of fused-ring (bicyclic) bond motifs is 1. The third-order valence-corrected chi connectivity index (χ3v) is 6.45. The van der Waals surface area contributed by atoms with Crippen molar-refractivity contribution in [2.75, 3.05) is 6.61 Å². The number of benzene rings is 1. The lowest BCUT2D eigenvalue weighted by atomic mass is 10.2. The number of esters is 1. The minimum Gasteiger partial charge on any atom is -0.464 e. The van der Waals surface area contributed by atoms with E-state index in [1.807, 2.05) is 6.92 Å². The van der Waals surface area contributed by atoms with Gasteiger partial charge in [-0.05, 0) is 30.5 Å². The van der Waals surface area contributed by atoms with Crippen LogP contribution >= 0.6 is 0 Å². The first-order valence-electron chi connectivity index (χ1n) is 6.03. The number of hydrogen-bond acceptors (Lipinski definition) is 4. The first-order chi connectivity index (χ1) is 8.52. The topological polar surface area (TPSA) is 60.4 Å². The Bertz CT molecular complexity index is 602. The predicted octanol–water partition coefficient (Wildman–Crippen LogP) is 1.34. The van der Waals surface area contributed by atoms with E-state index in [9.17, 15) is 13.2 Å². The third-order valence-electron chi connectivity index (χ3n) is 3.93. The molecule has 4 nitrogen and oxygen atoms in total. The van der Waals surface area contributed by atoms with Crippen LogP contribution in [0.4, 0.5) is 0 Å². The Morgan fingerprint density at radius 1 is 1.33 bits per heavy atom. The van der Waals surface area contributed by atoms with Crippen molar-refractivity contribution in [2.45, 2.75) is 29.4 Å². The van der Waals surface area contributed by atoms with Crippen molar-refractivity contribution < 1.29 is 17.9 Å². The van der Waals surface area contributed by atoms with Gasteiger partial charge in [0, 0.05) is 5.92 Å². The van der Waals surface area contributed by atoms with E-state index < -0.39 is 20.6 Å². The molecule has 0 radical (unpaired) electrons. The standard InChI is InChI=1S/C13H14O4S/c1-2-9-3-5-11(6-4-9)18(15,16)13-7-10(13)8-17-12(13)14/h3-6,10H,2,7-8H2,1H3/t10-,13+/m0/s1. The number of sulfone groups is 1. The molecule has 5 heteroatoms. The Balaban J connectivity index is 2.03. The molecule has 1 aliphatic heterocycles. The van der Waals surface area contributed by atoms with Gasteiger partial charge in [0.2, 0.25) is 0 Å². The molecule has 1 aromatic carbocycles. The SMILES string of the molecule is CCc1ccc(S(=O)(=O)[C@]23C[C@H]2COC3=O)cc1. The van der Waals surface area contributed by atoms with Crippen LogP contribution in [0.5, 0.6) is 0 Å². The first kappa shape index (κ1) is 11.7. The summed E-state index contributed by atoms with van der Waals surface area (Å²) >= 11 is 0. The van der Waals surface area contributed by atoms with Crippen molar-refractivity contribution in [3.63, 3.8) is 0 Å². The van der Waals surface area contributed by atoms with E-state index in [2.05, 4.69) is 0 Å². The Hall–Kier alpha value is -1.36. The van der Waals surface area contributed by atoms with Crippen LogP contribution in [0.15, 0.2) is 29.2 Å². The van der Waals surface area contributed by atoms with E-state index >= 15 is 0 Å². The summed E-state index contributed by atoms with van der Waals surface area (Å²) in [5.74, 6) is -0.729. The summed E-state index contributed by atoms with van der Waals surface area (Å²) < 4.78 is 28.6. The van der Waals surface area contributed by atoms with Gasteiger partial charge in [0.15, 0.2) is 14.6 Å². The quantitative estimate of drug-likeness (QED) is 0.775. The van der Waals surface area contributed by atoms with Crippen LogP contribution < -0.4 is 0 Å². The van der Waals surface area contributed by atoms with Crippen molar-refractivity contribution in [2.24, 2.45) is 5.92 Å². The van der Waals surface area contributed by atoms with Crippen LogP contribution in [-0.2, 0) is 25.8 Å². The van der Waals surface area contributed by atoms with E-state index in [-0.39, 0.29) is 17.4 Å². The van der Waals surface area contributed by atoms with Gasteiger partial charge in [-0.2, -0.15) is 0 Å². The zero-order chi connectivity index (χ0) is 13.0. The second-order valence-corrected chi connectivity index (χ2v) is 7.10. The molecule has 0 spiro atoms. The Morgan fingerprint density at radius 2 is 2.00 bits per heavy atom. The second-order valence-electron chi connectivity index (χ2n) is 4.89. The fraction of sp³-hybridized carbons (Fsp3) is 0.462. The van der Waals surface area contributed by atoms with E-state index in [0.717, 1.165) is 12.0 Å². The van der Waals surface area contributed by atoms with Crippen molar-refractivity contribution in [1.82, 2.24) is 0 Å². The van der Waals surface area contributed by atoms with Gasteiger partial charge in [0.1, 0.15) is 0 Å². The molecule has 1 heterocycles. The molecule has 2 atom stereocenters. The normalized spacial score (nSPS) is 29.8. The van der Waals surface area contributed by atoms with Gasteiger partial charge in [0.25, 0.3) is 0 Å². The fourth-order valence-electron chi connectivity index (χ4n) is 2.60. The maximum atomic E-state index is 12.5. The average molecular weight is 266 g/mol. The van der Waals surface area contributed by atoms with Crippen LogP contribution in [0.2, 0.25) is 0 Å². The highest BCUT2D eigenvalue weighted by Gasteiger charge is 2.74. The van der Waals surface area contributed by atoms with Crippen LogP contribution in [0.3, 0.4) is 0 Å². The van der Waals surface area contributed by atoms with Crippen LogP contribution in [0, 0.1) is 5.92 Å². The highest BCUT2D eigenvalue weighted by molar-refractivity contribution is 7.94. The smallest absolute Gasteiger partial charge is 0.328 e. The fourth-order valence-corrected chi connectivity index (χ4v) is 4.72. The summed E-state index contributed by atoms with van der Waals surface area (Å²) in [5.41, 5.74) is 1.08. The lowest BCUT2D eigenvalue weighted by Gasteiger charge is -2.11. The van der Waals surface area contributed by atoms with E-state index in [4.69, 9.17) is 4.74 Å². The van der Waals surface area contributed by atoms with Crippen molar-refractivity contribution in [3.05, 3.63) is 29.8 Å². The molecule has 18 heavy (non-hydrogen) atoms. The highest BCUT2D eigenvalue weighted by Crippen LogP contribution is 2.57. The van der Waals surface area contributed by atoms with E-state index in [1.165, 1.54) is 0 Å². The van der Waals surface area contributed by atoms with Crippen molar-refractivity contribution >= 4 is 15.8 Å². The summed E-state index contributed by atoms with van der Waals surface area (Å²) in [4.78, 5) is 11.9. The maximum absolute atomic E-state index is 12.5. The first-order valence-corrected chi connectivity index (χ1v) is 7.51. The van der Waals surface area contributed by atoms with Gasteiger partial charge in [-0.3, -0.25) is 4.79 Å². The van der Waals surface area contributed by atoms with Gasteiger partial charge in [0.05, 0.1) is 11.5 Å². The maximum Gasteiger partial charge on any atom is 0.328 e. The number of cyclic esters (lactones) is 1. The number of carbonyl (C=O) groups is 1. The zero-order valence-corrected chi connectivity index (χ0v) is 10.9. The Kier molecular flexibility index (Phi) is 2.32. The zero-order valence-electron chi connectivity index (χ0n) is 10.0. The molecule has 1 aromatic rings. The summed E-state index contributed by atoms with van der Waals surface area (Å²) in [5, 5.41) is 0. The number of carbonyl (C=O) groups excluding carboxylic acids is 1. The number of rotatable bonds is 3. The number of aryl methyl sites for hydroxylation is 1. The van der Waals surface area contributed by atoms with Gasteiger partial charge >= 0.3 is 5.97 Å².